The predicted molar refractivity (Wildman–Crippen MR) is 68.0 cm³/mol. The van der Waals surface area contributed by atoms with Crippen LogP contribution in [0.15, 0.2) is 0 Å². The lowest BCUT2D eigenvalue weighted by atomic mass is 9.86. The van der Waals surface area contributed by atoms with Crippen LogP contribution in [0.4, 0.5) is 0 Å². The van der Waals surface area contributed by atoms with Crippen molar-refractivity contribution in [2.45, 2.75) is 57.9 Å². The Bertz CT molecular complexity index is 318. The van der Waals surface area contributed by atoms with Crippen LogP contribution < -0.4 is 5.32 Å². The average molecular weight is 239 g/mol. The summed E-state index contributed by atoms with van der Waals surface area (Å²) in [6.07, 6.45) is 6.26. The first-order valence-corrected chi connectivity index (χ1v) is 7.13. The summed E-state index contributed by atoms with van der Waals surface area (Å²) in [6, 6.07) is 0.583. The number of hydrogen-bond acceptors (Lipinski definition) is 4. The predicted octanol–water partition coefficient (Wildman–Crippen LogP) is 2.74. The fourth-order valence-corrected chi connectivity index (χ4v) is 2.87. The van der Waals surface area contributed by atoms with Gasteiger partial charge in [0.05, 0.1) is 0 Å². The molecule has 4 heteroatoms. The van der Waals surface area contributed by atoms with E-state index in [0.29, 0.717) is 6.04 Å². The lowest BCUT2D eigenvalue weighted by Crippen LogP contribution is -2.23. The maximum absolute atomic E-state index is 4.30. The van der Waals surface area contributed by atoms with E-state index in [4.69, 9.17) is 0 Å². The number of hydrogen-bond donors (Lipinski definition) is 1. The van der Waals surface area contributed by atoms with Crippen molar-refractivity contribution in [2.24, 2.45) is 0 Å². The van der Waals surface area contributed by atoms with Crippen LogP contribution in [-0.2, 0) is 6.42 Å². The Hall–Kier alpha value is -0.480. The molecule has 16 heavy (non-hydrogen) atoms. The van der Waals surface area contributed by atoms with Crippen LogP contribution in [0.1, 0.15) is 55.5 Å². The number of nitrogens with one attached hydrogen (secondary N) is 1. The summed E-state index contributed by atoms with van der Waals surface area (Å²) in [5, 5.41) is 14.5. The second-order valence-corrected chi connectivity index (χ2v) is 5.97. The van der Waals surface area contributed by atoms with Gasteiger partial charge in [-0.25, -0.2) is 0 Å². The van der Waals surface area contributed by atoms with Gasteiger partial charge in [0, 0.05) is 18.4 Å². The van der Waals surface area contributed by atoms with Gasteiger partial charge in [-0.15, -0.1) is 21.5 Å². The first-order chi connectivity index (χ1) is 7.75. The molecule has 90 valence electrons. The van der Waals surface area contributed by atoms with Gasteiger partial charge in [0.25, 0.3) is 0 Å². The van der Waals surface area contributed by atoms with Crippen molar-refractivity contribution in [1.82, 2.24) is 15.5 Å². The third-order valence-corrected chi connectivity index (χ3v) is 4.20. The van der Waals surface area contributed by atoms with E-state index in [1.54, 1.807) is 0 Å². The summed E-state index contributed by atoms with van der Waals surface area (Å²) >= 11 is 1.83. The second kappa shape index (κ2) is 5.73. The molecule has 2 rings (SSSR count). The molecular formula is C12H21N3S. The van der Waals surface area contributed by atoms with Crippen molar-refractivity contribution in [3.63, 3.8) is 0 Å². The summed E-state index contributed by atoms with van der Waals surface area (Å²) in [4.78, 5) is 0. The van der Waals surface area contributed by atoms with Crippen molar-refractivity contribution in [3.8, 4) is 0 Å². The van der Waals surface area contributed by atoms with Crippen molar-refractivity contribution in [1.29, 1.82) is 0 Å². The fourth-order valence-electron chi connectivity index (χ4n) is 1.82. The molecule has 0 amide bonds. The van der Waals surface area contributed by atoms with E-state index in [0.717, 1.165) is 25.3 Å². The van der Waals surface area contributed by atoms with Crippen LogP contribution in [0.2, 0.25) is 0 Å². The maximum atomic E-state index is 4.30. The minimum absolute atomic E-state index is 0.583. The van der Waals surface area contributed by atoms with Gasteiger partial charge in [-0.3, -0.25) is 0 Å². The van der Waals surface area contributed by atoms with E-state index < -0.39 is 0 Å². The normalized spacial score (nSPS) is 16.7. The minimum Gasteiger partial charge on any atom is -0.315 e. The molecular weight excluding hydrogens is 218 g/mol. The Labute approximate surface area is 102 Å². The molecule has 0 bridgehead atoms. The molecule has 0 spiro atoms. The molecule has 0 atom stereocenters. The molecule has 1 heterocycles. The van der Waals surface area contributed by atoms with Crippen LogP contribution in [0.25, 0.3) is 0 Å². The van der Waals surface area contributed by atoms with Gasteiger partial charge in [-0.2, -0.15) is 0 Å². The molecule has 0 unspecified atom stereocenters. The lowest BCUT2D eigenvalue weighted by Gasteiger charge is -2.21. The topological polar surface area (TPSA) is 37.8 Å². The molecule has 0 saturated heterocycles. The van der Waals surface area contributed by atoms with Crippen LogP contribution >= 0.6 is 11.3 Å². The third-order valence-electron chi connectivity index (χ3n) is 3.06. The smallest absolute Gasteiger partial charge is 0.120 e. The molecule has 1 aliphatic carbocycles. The largest absolute Gasteiger partial charge is 0.315 e. The Morgan fingerprint density at radius 3 is 2.81 bits per heavy atom. The fraction of sp³-hybridized carbons (Fsp3) is 0.833. The molecule has 1 saturated carbocycles. The highest BCUT2D eigenvalue weighted by Gasteiger charge is 2.23. The van der Waals surface area contributed by atoms with Crippen molar-refractivity contribution in [3.05, 3.63) is 10.0 Å². The van der Waals surface area contributed by atoms with Crippen LogP contribution in [0, 0.1) is 0 Å². The van der Waals surface area contributed by atoms with Gasteiger partial charge < -0.3 is 5.32 Å². The molecule has 1 N–H and O–H groups in total. The zero-order chi connectivity index (χ0) is 11.4. The highest BCUT2D eigenvalue weighted by atomic mass is 32.1. The first-order valence-electron chi connectivity index (χ1n) is 6.31. The molecule has 1 aromatic rings. The monoisotopic (exact) mass is 239 g/mol. The summed E-state index contributed by atoms with van der Waals surface area (Å²) in [7, 11) is 0. The number of rotatable bonds is 6. The first kappa shape index (κ1) is 12.0. The Balaban J connectivity index is 1.70. The van der Waals surface area contributed by atoms with Gasteiger partial charge in [0.15, 0.2) is 0 Å². The van der Waals surface area contributed by atoms with E-state index in [1.165, 1.54) is 29.3 Å². The van der Waals surface area contributed by atoms with Gasteiger partial charge in [0.1, 0.15) is 10.0 Å². The van der Waals surface area contributed by atoms with E-state index in [9.17, 15) is 0 Å². The summed E-state index contributed by atoms with van der Waals surface area (Å²) in [5.74, 6) is 0.736. The molecule has 0 radical (unpaired) electrons. The van der Waals surface area contributed by atoms with E-state index in [-0.39, 0.29) is 0 Å². The van der Waals surface area contributed by atoms with Crippen LogP contribution in [-0.4, -0.2) is 22.8 Å². The summed E-state index contributed by atoms with van der Waals surface area (Å²) in [5.41, 5.74) is 0. The number of aromatic nitrogens is 2. The number of aryl methyl sites for hydroxylation is 1. The van der Waals surface area contributed by atoms with Crippen molar-refractivity contribution in [2.75, 3.05) is 6.54 Å². The summed E-state index contributed by atoms with van der Waals surface area (Å²) in [6.45, 7) is 5.44. The van der Waals surface area contributed by atoms with Crippen molar-refractivity contribution < 1.29 is 0 Å². The van der Waals surface area contributed by atoms with Gasteiger partial charge in [-0.05, 0) is 25.8 Å². The third kappa shape index (κ3) is 3.25. The molecule has 0 aromatic carbocycles. The quantitative estimate of drug-likeness (QED) is 0.776. The second-order valence-electron chi connectivity index (χ2n) is 4.87. The Morgan fingerprint density at radius 2 is 2.19 bits per heavy atom. The van der Waals surface area contributed by atoms with Gasteiger partial charge >= 0.3 is 0 Å². The standard InChI is InChI=1S/C12H21N3S/c1-9(2)13-8-4-7-11-14-15-12(16-11)10-5-3-6-10/h9-10,13H,3-8H2,1-2H3. The molecule has 1 aromatic heterocycles. The highest BCUT2D eigenvalue weighted by Crippen LogP contribution is 2.37. The Morgan fingerprint density at radius 1 is 1.38 bits per heavy atom. The van der Waals surface area contributed by atoms with E-state index in [2.05, 4.69) is 29.4 Å². The van der Waals surface area contributed by atoms with Gasteiger partial charge in [-0.1, -0.05) is 20.3 Å². The molecule has 0 aliphatic heterocycles. The van der Waals surface area contributed by atoms with Crippen LogP contribution in [0.3, 0.4) is 0 Å². The average Bonchev–Trinajstić information content (AvgIpc) is 2.58. The molecule has 3 nitrogen and oxygen atoms in total. The highest BCUT2D eigenvalue weighted by molar-refractivity contribution is 7.11. The van der Waals surface area contributed by atoms with E-state index in [1.807, 2.05) is 11.3 Å². The summed E-state index contributed by atoms with van der Waals surface area (Å²) < 4.78 is 0. The zero-order valence-corrected chi connectivity index (χ0v) is 11.0. The molecule has 1 fully saturated rings. The zero-order valence-electron chi connectivity index (χ0n) is 10.2. The Kier molecular flexibility index (Phi) is 4.29. The SMILES string of the molecule is CC(C)NCCCc1nnc(C2CCC2)s1. The minimum atomic E-state index is 0.583. The van der Waals surface area contributed by atoms with Crippen molar-refractivity contribution >= 4 is 11.3 Å². The van der Waals surface area contributed by atoms with Gasteiger partial charge in [0.2, 0.25) is 0 Å². The molecule has 1 aliphatic rings. The number of nitrogens with zero attached hydrogens (tertiary/aromatic N) is 2. The lowest BCUT2D eigenvalue weighted by molar-refractivity contribution is 0.416. The van der Waals surface area contributed by atoms with Crippen LogP contribution in [0.5, 0.6) is 0 Å². The maximum Gasteiger partial charge on any atom is 0.120 e. The van der Waals surface area contributed by atoms with E-state index >= 15 is 0 Å².